The second kappa shape index (κ2) is 7.49. The maximum Gasteiger partial charge on any atom is 0.0327 e. The fraction of sp³-hybridized carbons (Fsp3) is 1.00. The molecule has 0 saturated heterocycles. The van der Waals surface area contributed by atoms with Gasteiger partial charge in [-0.25, -0.2) is 0 Å². The maximum atomic E-state index is 3.86. The van der Waals surface area contributed by atoms with Gasteiger partial charge in [-0.2, -0.15) is 0 Å². The van der Waals surface area contributed by atoms with Gasteiger partial charge < -0.3 is 10.2 Å². The van der Waals surface area contributed by atoms with Crippen LogP contribution in [-0.2, 0) is 0 Å². The van der Waals surface area contributed by atoms with E-state index < -0.39 is 0 Å². The van der Waals surface area contributed by atoms with Gasteiger partial charge in [-0.3, -0.25) is 0 Å². The molecule has 108 valence electrons. The number of likely N-dealkylation sites (N-methyl/N-ethyl adjacent to an activating group) is 1. The third-order valence-corrected chi connectivity index (χ3v) is 5.08. The summed E-state index contributed by atoms with van der Waals surface area (Å²) in [5.41, 5.74) is 0.433. The maximum absolute atomic E-state index is 3.86. The van der Waals surface area contributed by atoms with Crippen molar-refractivity contribution < 1.29 is 0 Å². The van der Waals surface area contributed by atoms with Gasteiger partial charge in [-0.1, -0.05) is 40.0 Å². The van der Waals surface area contributed by atoms with Crippen LogP contribution in [0.1, 0.15) is 65.7 Å². The number of rotatable bonds is 8. The SMILES string of the molecule is CCC(C)CC(CC)NCC1(N(C)C)CCCC1. The molecule has 1 aliphatic rings. The minimum Gasteiger partial charge on any atom is -0.312 e. The summed E-state index contributed by atoms with van der Waals surface area (Å²) in [6, 6.07) is 0.706. The second-order valence-corrected chi connectivity index (χ2v) is 6.56. The smallest absolute Gasteiger partial charge is 0.0327 e. The molecule has 0 spiro atoms. The van der Waals surface area contributed by atoms with Gasteiger partial charge in [0.15, 0.2) is 0 Å². The van der Waals surface area contributed by atoms with Crippen molar-refractivity contribution in [3.8, 4) is 0 Å². The van der Waals surface area contributed by atoms with Crippen LogP contribution in [0.5, 0.6) is 0 Å². The molecule has 0 aliphatic heterocycles. The van der Waals surface area contributed by atoms with Crippen molar-refractivity contribution in [2.45, 2.75) is 77.3 Å². The molecule has 18 heavy (non-hydrogen) atoms. The first-order valence-electron chi connectivity index (χ1n) is 7.95. The third-order valence-electron chi connectivity index (χ3n) is 5.08. The molecular formula is C16H34N2. The highest BCUT2D eigenvalue weighted by Gasteiger charge is 2.35. The minimum atomic E-state index is 0.433. The van der Waals surface area contributed by atoms with Crippen LogP contribution in [0.25, 0.3) is 0 Å². The standard InChI is InChI=1S/C16H34N2/c1-6-14(3)12-15(7-2)17-13-16(18(4)5)10-8-9-11-16/h14-15,17H,6-13H2,1-5H3. The summed E-state index contributed by atoms with van der Waals surface area (Å²) in [6.45, 7) is 8.17. The molecule has 0 heterocycles. The Morgan fingerprint density at radius 2 is 1.72 bits per heavy atom. The van der Waals surface area contributed by atoms with Gasteiger partial charge in [0.25, 0.3) is 0 Å². The minimum absolute atomic E-state index is 0.433. The van der Waals surface area contributed by atoms with Gasteiger partial charge in [0.1, 0.15) is 0 Å². The van der Waals surface area contributed by atoms with Gasteiger partial charge in [-0.15, -0.1) is 0 Å². The van der Waals surface area contributed by atoms with Crippen molar-refractivity contribution in [1.29, 1.82) is 0 Å². The second-order valence-electron chi connectivity index (χ2n) is 6.56. The van der Waals surface area contributed by atoms with Crippen LogP contribution in [0.15, 0.2) is 0 Å². The van der Waals surface area contributed by atoms with Gasteiger partial charge in [-0.05, 0) is 45.7 Å². The van der Waals surface area contributed by atoms with Gasteiger partial charge in [0.05, 0.1) is 0 Å². The van der Waals surface area contributed by atoms with Crippen LogP contribution >= 0.6 is 0 Å². The van der Waals surface area contributed by atoms with Gasteiger partial charge in [0, 0.05) is 18.1 Å². The van der Waals surface area contributed by atoms with E-state index in [0.29, 0.717) is 11.6 Å². The number of hydrogen-bond donors (Lipinski definition) is 1. The molecule has 1 fully saturated rings. The van der Waals surface area contributed by atoms with E-state index in [-0.39, 0.29) is 0 Å². The molecule has 2 atom stereocenters. The van der Waals surface area contributed by atoms with Crippen LogP contribution in [-0.4, -0.2) is 37.1 Å². The van der Waals surface area contributed by atoms with E-state index >= 15 is 0 Å². The summed E-state index contributed by atoms with van der Waals surface area (Å²) in [7, 11) is 4.51. The molecule has 1 N–H and O–H groups in total. The summed E-state index contributed by atoms with van der Waals surface area (Å²) in [4.78, 5) is 2.46. The van der Waals surface area contributed by atoms with Crippen molar-refractivity contribution in [1.82, 2.24) is 10.2 Å². The van der Waals surface area contributed by atoms with Crippen LogP contribution in [0, 0.1) is 5.92 Å². The molecule has 0 bridgehead atoms. The predicted octanol–water partition coefficient (Wildman–Crippen LogP) is 3.67. The zero-order chi connectivity index (χ0) is 13.6. The predicted molar refractivity (Wildman–Crippen MR) is 81.0 cm³/mol. The summed E-state index contributed by atoms with van der Waals surface area (Å²) < 4.78 is 0. The van der Waals surface area contributed by atoms with E-state index in [0.717, 1.165) is 5.92 Å². The van der Waals surface area contributed by atoms with Crippen molar-refractivity contribution in [2.75, 3.05) is 20.6 Å². The molecule has 1 aliphatic carbocycles. The number of hydrogen-bond acceptors (Lipinski definition) is 2. The lowest BCUT2D eigenvalue weighted by molar-refractivity contribution is 0.146. The molecule has 0 aromatic heterocycles. The fourth-order valence-electron chi connectivity index (χ4n) is 3.20. The Balaban J connectivity index is 2.45. The Bertz CT molecular complexity index is 219. The lowest BCUT2D eigenvalue weighted by Crippen LogP contribution is -2.51. The summed E-state index contributed by atoms with van der Waals surface area (Å²) in [6.07, 6.45) is 9.44. The fourth-order valence-corrected chi connectivity index (χ4v) is 3.20. The number of nitrogens with zero attached hydrogens (tertiary/aromatic N) is 1. The van der Waals surface area contributed by atoms with Crippen molar-refractivity contribution in [3.63, 3.8) is 0 Å². The third kappa shape index (κ3) is 4.24. The molecule has 0 amide bonds. The Hall–Kier alpha value is -0.0800. The largest absolute Gasteiger partial charge is 0.312 e. The molecule has 1 rings (SSSR count). The van der Waals surface area contributed by atoms with E-state index in [2.05, 4.69) is 45.1 Å². The molecule has 0 aromatic carbocycles. The van der Waals surface area contributed by atoms with E-state index in [1.165, 1.54) is 51.5 Å². The Labute approximate surface area is 115 Å². The molecule has 0 aromatic rings. The highest BCUT2D eigenvalue weighted by atomic mass is 15.2. The van der Waals surface area contributed by atoms with Crippen LogP contribution in [0.4, 0.5) is 0 Å². The lowest BCUT2D eigenvalue weighted by atomic mass is 9.93. The van der Waals surface area contributed by atoms with Crippen molar-refractivity contribution in [3.05, 3.63) is 0 Å². The highest BCUT2D eigenvalue weighted by Crippen LogP contribution is 2.33. The molecule has 1 saturated carbocycles. The number of nitrogens with one attached hydrogen (secondary N) is 1. The average Bonchev–Trinajstić information content (AvgIpc) is 2.84. The molecule has 0 radical (unpaired) electrons. The lowest BCUT2D eigenvalue weighted by Gasteiger charge is -2.38. The van der Waals surface area contributed by atoms with E-state index in [1.807, 2.05) is 0 Å². The van der Waals surface area contributed by atoms with Crippen molar-refractivity contribution in [2.24, 2.45) is 5.92 Å². The Morgan fingerprint density at radius 3 is 2.17 bits per heavy atom. The summed E-state index contributed by atoms with van der Waals surface area (Å²) >= 11 is 0. The average molecular weight is 254 g/mol. The topological polar surface area (TPSA) is 15.3 Å². The van der Waals surface area contributed by atoms with E-state index in [9.17, 15) is 0 Å². The first kappa shape index (κ1) is 16.0. The van der Waals surface area contributed by atoms with E-state index in [4.69, 9.17) is 0 Å². The quantitative estimate of drug-likeness (QED) is 0.711. The van der Waals surface area contributed by atoms with Crippen molar-refractivity contribution >= 4 is 0 Å². The van der Waals surface area contributed by atoms with Crippen LogP contribution in [0.2, 0.25) is 0 Å². The zero-order valence-electron chi connectivity index (χ0n) is 13.3. The molecule has 2 unspecified atom stereocenters. The van der Waals surface area contributed by atoms with Gasteiger partial charge >= 0.3 is 0 Å². The van der Waals surface area contributed by atoms with Crippen LogP contribution < -0.4 is 5.32 Å². The monoisotopic (exact) mass is 254 g/mol. The Morgan fingerprint density at radius 1 is 1.11 bits per heavy atom. The Kier molecular flexibility index (Phi) is 6.65. The molecule has 2 nitrogen and oxygen atoms in total. The first-order chi connectivity index (χ1) is 8.54. The molecule has 2 heteroatoms. The van der Waals surface area contributed by atoms with Crippen LogP contribution in [0.3, 0.4) is 0 Å². The van der Waals surface area contributed by atoms with Gasteiger partial charge in [0.2, 0.25) is 0 Å². The summed E-state index contributed by atoms with van der Waals surface area (Å²) in [5.74, 6) is 0.848. The zero-order valence-corrected chi connectivity index (χ0v) is 13.3. The first-order valence-corrected chi connectivity index (χ1v) is 7.95. The van der Waals surface area contributed by atoms with E-state index in [1.54, 1.807) is 0 Å². The molecular weight excluding hydrogens is 220 g/mol. The highest BCUT2D eigenvalue weighted by molar-refractivity contribution is 4.95. The summed E-state index contributed by atoms with van der Waals surface area (Å²) in [5, 5.41) is 3.86. The normalized spacial score (nSPS) is 22.3.